The zero-order valence-corrected chi connectivity index (χ0v) is 12.3. The molecule has 0 atom stereocenters. The van der Waals surface area contributed by atoms with Gasteiger partial charge in [-0.15, -0.1) is 0 Å². The molecule has 0 bridgehead atoms. The summed E-state index contributed by atoms with van der Waals surface area (Å²) < 4.78 is 7.09. The van der Waals surface area contributed by atoms with E-state index in [1.54, 1.807) is 13.3 Å². The van der Waals surface area contributed by atoms with Crippen LogP contribution in [-0.4, -0.2) is 59.8 Å². The smallest absolute Gasteiger partial charge is 0.248 e. The maximum atomic E-state index is 12.2. The molecular weight excluding hydrogens is 256 g/mol. The third kappa shape index (κ3) is 3.80. The number of hydrogen-bond donors (Lipinski definition) is 1. The Morgan fingerprint density at radius 1 is 1.55 bits per heavy atom. The van der Waals surface area contributed by atoms with Crippen molar-refractivity contribution in [2.45, 2.75) is 32.4 Å². The lowest BCUT2D eigenvalue weighted by Crippen LogP contribution is -2.48. The molecule has 0 aliphatic carbocycles. The van der Waals surface area contributed by atoms with Crippen molar-refractivity contribution in [2.24, 2.45) is 0 Å². The Balaban J connectivity index is 1.98. The Labute approximate surface area is 120 Å². The first-order valence-corrected chi connectivity index (χ1v) is 7.19. The van der Waals surface area contributed by atoms with Crippen LogP contribution in [0.15, 0.2) is 12.4 Å². The molecule has 1 saturated heterocycles. The number of nitrogens with one attached hydrogen (secondary N) is 1. The number of imidazole rings is 1. The quantitative estimate of drug-likeness (QED) is 0.820. The summed E-state index contributed by atoms with van der Waals surface area (Å²) in [5.41, 5.74) is 0. The normalized spacial score (nSPS) is 16.3. The second-order valence-electron chi connectivity index (χ2n) is 5.17. The van der Waals surface area contributed by atoms with Crippen LogP contribution >= 0.6 is 0 Å². The first kappa shape index (κ1) is 15.0. The van der Waals surface area contributed by atoms with Crippen molar-refractivity contribution in [3.05, 3.63) is 18.2 Å². The molecule has 0 spiro atoms. The molecule has 0 aromatic carbocycles. The van der Waals surface area contributed by atoms with E-state index in [1.807, 2.05) is 18.0 Å². The highest BCUT2D eigenvalue weighted by Gasteiger charge is 2.24. The number of hydrogen-bond acceptors (Lipinski definition) is 4. The van der Waals surface area contributed by atoms with Gasteiger partial charge in [0.25, 0.3) is 0 Å². The topological polar surface area (TPSA) is 59.4 Å². The molecule has 112 valence electrons. The second kappa shape index (κ2) is 7.40. The van der Waals surface area contributed by atoms with E-state index in [9.17, 15) is 4.79 Å². The average molecular weight is 280 g/mol. The van der Waals surface area contributed by atoms with Crippen LogP contribution < -0.4 is 5.32 Å². The molecule has 1 aliphatic heterocycles. The highest BCUT2D eigenvalue weighted by Crippen LogP contribution is 2.13. The predicted octanol–water partition coefficient (Wildman–Crippen LogP) is 0.419. The molecule has 1 N–H and O–H groups in total. The Bertz CT molecular complexity index is 427. The summed E-state index contributed by atoms with van der Waals surface area (Å²) in [7, 11) is 1.57. The van der Waals surface area contributed by atoms with Gasteiger partial charge in [0.15, 0.2) is 0 Å². The van der Waals surface area contributed by atoms with Gasteiger partial charge in [-0.2, -0.15) is 0 Å². The summed E-state index contributed by atoms with van der Waals surface area (Å²) >= 11 is 0. The Morgan fingerprint density at radius 3 is 2.90 bits per heavy atom. The number of nitrogens with zero attached hydrogens (tertiary/aromatic N) is 3. The van der Waals surface area contributed by atoms with Gasteiger partial charge in [0, 0.05) is 38.6 Å². The van der Waals surface area contributed by atoms with E-state index in [4.69, 9.17) is 4.74 Å². The van der Waals surface area contributed by atoms with E-state index in [-0.39, 0.29) is 12.5 Å². The fourth-order valence-corrected chi connectivity index (χ4v) is 2.69. The zero-order chi connectivity index (χ0) is 14.4. The summed E-state index contributed by atoms with van der Waals surface area (Å²) in [5, 5.41) is 3.33. The number of carbonyl (C=O) groups excluding carboxylic acids is 1. The number of ether oxygens (including phenoxy) is 1. The van der Waals surface area contributed by atoms with Crippen molar-refractivity contribution in [2.75, 3.05) is 33.4 Å². The molecule has 2 heterocycles. The number of aryl methyl sites for hydroxylation is 1. The van der Waals surface area contributed by atoms with Crippen LogP contribution in [0.25, 0.3) is 0 Å². The molecule has 6 nitrogen and oxygen atoms in total. The number of carbonyl (C=O) groups is 1. The van der Waals surface area contributed by atoms with Gasteiger partial charge in [-0.1, -0.05) is 0 Å². The molecule has 20 heavy (non-hydrogen) atoms. The highest BCUT2D eigenvalue weighted by molar-refractivity contribution is 5.77. The van der Waals surface area contributed by atoms with Gasteiger partial charge >= 0.3 is 0 Å². The molecule has 1 aromatic heterocycles. The van der Waals surface area contributed by atoms with Crippen LogP contribution in [0.5, 0.6) is 0 Å². The second-order valence-corrected chi connectivity index (χ2v) is 5.17. The van der Waals surface area contributed by atoms with Crippen molar-refractivity contribution in [3.8, 4) is 0 Å². The third-order valence-electron chi connectivity index (χ3n) is 3.84. The van der Waals surface area contributed by atoms with Gasteiger partial charge in [0.1, 0.15) is 12.4 Å². The summed E-state index contributed by atoms with van der Waals surface area (Å²) in [4.78, 5) is 18.4. The van der Waals surface area contributed by atoms with E-state index in [0.717, 1.165) is 38.3 Å². The molecular formula is C14H24N4O2. The van der Waals surface area contributed by atoms with Crippen molar-refractivity contribution in [1.82, 2.24) is 19.8 Å². The lowest BCUT2D eigenvalue weighted by molar-refractivity contribution is -0.138. The molecule has 2 rings (SSSR count). The minimum atomic E-state index is 0.0807. The molecule has 1 amide bonds. The van der Waals surface area contributed by atoms with Gasteiger partial charge in [0.2, 0.25) is 5.91 Å². The summed E-state index contributed by atoms with van der Waals surface area (Å²) in [6.45, 7) is 5.59. The van der Waals surface area contributed by atoms with Crippen molar-refractivity contribution >= 4 is 5.91 Å². The summed E-state index contributed by atoms with van der Waals surface area (Å²) in [6, 6.07) is 0.322. The van der Waals surface area contributed by atoms with E-state index < -0.39 is 0 Å². The lowest BCUT2D eigenvalue weighted by atomic mass is 10.0. The minimum Gasteiger partial charge on any atom is -0.375 e. The van der Waals surface area contributed by atoms with E-state index in [1.165, 1.54) is 0 Å². The van der Waals surface area contributed by atoms with Gasteiger partial charge < -0.3 is 19.5 Å². The first-order chi connectivity index (χ1) is 9.72. The summed E-state index contributed by atoms with van der Waals surface area (Å²) in [6.07, 6.45) is 5.77. The number of aromatic nitrogens is 2. The van der Waals surface area contributed by atoms with Crippen LogP contribution in [0.4, 0.5) is 0 Å². The van der Waals surface area contributed by atoms with Gasteiger partial charge in [-0.25, -0.2) is 4.98 Å². The fourth-order valence-electron chi connectivity index (χ4n) is 2.69. The van der Waals surface area contributed by atoms with Crippen LogP contribution in [0.1, 0.15) is 18.7 Å². The number of amides is 1. The molecule has 6 heteroatoms. The molecule has 1 aliphatic rings. The first-order valence-electron chi connectivity index (χ1n) is 7.19. The molecule has 1 fully saturated rings. The number of rotatable bonds is 6. The van der Waals surface area contributed by atoms with Crippen LogP contribution in [-0.2, 0) is 16.1 Å². The number of methoxy groups -OCH3 is 1. The van der Waals surface area contributed by atoms with Crippen LogP contribution in [0.3, 0.4) is 0 Å². The van der Waals surface area contributed by atoms with Crippen LogP contribution in [0, 0.1) is 6.92 Å². The van der Waals surface area contributed by atoms with Crippen molar-refractivity contribution in [3.63, 3.8) is 0 Å². The van der Waals surface area contributed by atoms with Crippen molar-refractivity contribution in [1.29, 1.82) is 0 Å². The Morgan fingerprint density at radius 2 is 2.30 bits per heavy atom. The Kier molecular flexibility index (Phi) is 5.55. The Hall–Kier alpha value is -1.40. The standard InChI is InChI=1S/C14H24N4O2/c1-12-16-7-8-17(12)9-10-18(14(19)11-20-2)13-3-5-15-6-4-13/h7-8,13,15H,3-6,9-11H2,1-2H3. The van der Waals surface area contributed by atoms with Gasteiger partial charge in [0.05, 0.1) is 0 Å². The molecule has 0 unspecified atom stereocenters. The highest BCUT2D eigenvalue weighted by atomic mass is 16.5. The minimum absolute atomic E-state index is 0.0807. The SMILES string of the molecule is COCC(=O)N(CCn1ccnc1C)C1CCNCC1. The predicted molar refractivity (Wildman–Crippen MR) is 76.4 cm³/mol. The van der Waals surface area contributed by atoms with E-state index >= 15 is 0 Å². The lowest BCUT2D eigenvalue weighted by Gasteiger charge is -2.34. The summed E-state index contributed by atoms with van der Waals surface area (Å²) in [5.74, 6) is 1.06. The largest absolute Gasteiger partial charge is 0.375 e. The monoisotopic (exact) mass is 280 g/mol. The molecule has 1 aromatic rings. The maximum Gasteiger partial charge on any atom is 0.248 e. The third-order valence-corrected chi connectivity index (χ3v) is 3.84. The van der Waals surface area contributed by atoms with Gasteiger partial charge in [-0.05, 0) is 32.9 Å². The van der Waals surface area contributed by atoms with Crippen LogP contribution in [0.2, 0.25) is 0 Å². The number of piperidine rings is 1. The maximum absolute atomic E-state index is 12.2. The van der Waals surface area contributed by atoms with Gasteiger partial charge in [-0.3, -0.25) is 4.79 Å². The molecule has 0 saturated carbocycles. The average Bonchev–Trinajstić information content (AvgIpc) is 2.86. The zero-order valence-electron chi connectivity index (χ0n) is 12.3. The van der Waals surface area contributed by atoms with Crippen molar-refractivity contribution < 1.29 is 9.53 Å². The fraction of sp³-hybridized carbons (Fsp3) is 0.714. The van der Waals surface area contributed by atoms with E-state index in [2.05, 4.69) is 14.9 Å². The van der Waals surface area contributed by atoms with E-state index in [0.29, 0.717) is 12.6 Å². The molecule has 0 radical (unpaired) electrons.